The number of aromatic amines is 1. The Morgan fingerprint density at radius 3 is 2.30 bits per heavy atom. The lowest BCUT2D eigenvalue weighted by molar-refractivity contribution is 0.0565. The van der Waals surface area contributed by atoms with E-state index in [0.717, 1.165) is 11.3 Å². The molecule has 2 amide bonds. The van der Waals surface area contributed by atoms with Crippen molar-refractivity contribution in [3.63, 3.8) is 0 Å². The number of ether oxygens (including phenoxy) is 1. The van der Waals surface area contributed by atoms with Crippen LogP contribution in [0.25, 0.3) is 0 Å². The molecule has 7 heteroatoms. The Kier molecular flexibility index (Phi) is 4.26. The Labute approximate surface area is 117 Å². The number of aromatic nitrogens is 2. The smallest absolute Gasteiger partial charge is 0.409 e. The predicted molar refractivity (Wildman–Crippen MR) is 72.6 cm³/mol. The summed E-state index contributed by atoms with van der Waals surface area (Å²) in [5.41, 5.74) is 2.24. The first-order valence-electron chi connectivity index (χ1n) is 6.77. The third-order valence-corrected chi connectivity index (χ3v) is 3.55. The van der Waals surface area contributed by atoms with Crippen molar-refractivity contribution in [3.05, 3.63) is 17.0 Å². The first-order valence-corrected chi connectivity index (χ1v) is 6.77. The Hall–Kier alpha value is -2.05. The molecule has 0 aliphatic carbocycles. The van der Waals surface area contributed by atoms with E-state index in [4.69, 9.17) is 4.74 Å². The summed E-state index contributed by atoms with van der Waals surface area (Å²) in [4.78, 5) is 27.3. The molecule has 0 bridgehead atoms. The molecule has 2 rings (SSSR count). The van der Waals surface area contributed by atoms with Crippen LogP contribution >= 0.6 is 0 Å². The lowest BCUT2D eigenvalue weighted by atomic mass is 10.2. The number of H-pyrrole nitrogens is 1. The molecule has 7 nitrogen and oxygen atoms in total. The molecule has 1 aromatic heterocycles. The van der Waals surface area contributed by atoms with Crippen molar-refractivity contribution >= 4 is 12.0 Å². The molecule has 1 N–H and O–H groups in total. The Morgan fingerprint density at radius 1 is 1.20 bits per heavy atom. The quantitative estimate of drug-likeness (QED) is 0.874. The first-order chi connectivity index (χ1) is 9.54. The van der Waals surface area contributed by atoms with Crippen LogP contribution in [0.3, 0.4) is 0 Å². The summed E-state index contributed by atoms with van der Waals surface area (Å²) in [5, 5.41) is 6.87. The molecule has 1 saturated heterocycles. The van der Waals surface area contributed by atoms with Gasteiger partial charge in [0.05, 0.1) is 6.61 Å². The van der Waals surface area contributed by atoms with Crippen molar-refractivity contribution in [1.29, 1.82) is 0 Å². The van der Waals surface area contributed by atoms with Crippen molar-refractivity contribution in [3.8, 4) is 0 Å². The Balaban J connectivity index is 1.95. The number of carbonyl (C=O) groups is 2. The van der Waals surface area contributed by atoms with Gasteiger partial charge in [-0.2, -0.15) is 5.10 Å². The highest BCUT2D eigenvalue weighted by Crippen LogP contribution is 2.13. The molecule has 2 heterocycles. The monoisotopic (exact) mass is 280 g/mol. The van der Waals surface area contributed by atoms with E-state index in [1.807, 2.05) is 13.8 Å². The van der Waals surface area contributed by atoms with Crippen LogP contribution in [0, 0.1) is 13.8 Å². The van der Waals surface area contributed by atoms with E-state index in [2.05, 4.69) is 10.2 Å². The van der Waals surface area contributed by atoms with Gasteiger partial charge in [-0.25, -0.2) is 4.79 Å². The number of amides is 2. The maximum absolute atomic E-state index is 12.3. The second kappa shape index (κ2) is 5.94. The van der Waals surface area contributed by atoms with E-state index in [1.165, 1.54) is 0 Å². The van der Waals surface area contributed by atoms with E-state index < -0.39 is 0 Å². The zero-order valence-corrected chi connectivity index (χ0v) is 12.1. The third-order valence-electron chi connectivity index (χ3n) is 3.55. The largest absolute Gasteiger partial charge is 0.450 e. The molecule has 0 saturated carbocycles. The van der Waals surface area contributed by atoms with Gasteiger partial charge in [0, 0.05) is 37.4 Å². The van der Waals surface area contributed by atoms with Crippen LogP contribution in [0.1, 0.15) is 28.7 Å². The van der Waals surface area contributed by atoms with Gasteiger partial charge < -0.3 is 14.5 Å². The number of piperazine rings is 1. The van der Waals surface area contributed by atoms with E-state index in [-0.39, 0.29) is 12.0 Å². The second-order valence-electron chi connectivity index (χ2n) is 4.80. The normalized spacial score (nSPS) is 15.3. The number of hydrogen-bond donors (Lipinski definition) is 1. The molecule has 0 atom stereocenters. The van der Waals surface area contributed by atoms with Gasteiger partial charge >= 0.3 is 6.09 Å². The second-order valence-corrected chi connectivity index (χ2v) is 4.80. The molecule has 1 aliphatic heterocycles. The average molecular weight is 280 g/mol. The highest BCUT2D eigenvalue weighted by Gasteiger charge is 2.27. The molecule has 1 aliphatic rings. The lowest BCUT2D eigenvalue weighted by Crippen LogP contribution is -2.50. The minimum Gasteiger partial charge on any atom is -0.450 e. The standard InChI is InChI=1S/C13H20N4O3/c1-4-20-13(19)17-7-5-16(6-8-17)12(18)11-9(2)10(3)14-15-11/h4-8H2,1-3H3,(H,14,15). The SMILES string of the molecule is CCOC(=O)N1CCN(C(=O)c2n[nH]c(C)c2C)CC1. The van der Waals surface area contributed by atoms with E-state index in [0.29, 0.717) is 38.5 Å². The zero-order valence-electron chi connectivity index (χ0n) is 12.1. The molecule has 0 spiro atoms. The van der Waals surface area contributed by atoms with Gasteiger partial charge in [-0.05, 0) is 20.8 Å². The molecule has 20 heavy (non-hydrogen) atoms. The fourth-order valence-corrected chi connectivity index (χ4v) is 2.15. The van der Waals surface area contributed by atoms with Gasteiger partial charge in [0.2, 0.25) is 0 Å². The summed E-state index contributed by atoms with van der Waals surface area (Å²) in [5.74, 6) is -0.0876. The number of rotatable bonds is 2. The predicted octanol–water partition coefficient (Wildman–Crippen LogP) is 0.941. The van der Waals surface area contributed by atoms with E-state index >= 15 is 0 Å². The lowest BCUT2D eigenvalue weighted by Gasteiger charge is -2.33. The van der Waals surface area contributed by atoms with Gasteiger partial charge in [-0.3, -0.25) is 9.89 Å². The van der Waals surface area contributed by atoms with Crippen LogP contribution < -0.4 is 0 Å². The number of carbonyl (C=O) groups excluding carboxylic acids is 2. The van der Waals surface area contributed by atoms with Gasteiger partial charge in [0.15, 0.2) is 5.69 Å². The molecule has 0 unspecified atom stereocenters. The summed E-state index contributed by atoms with van der Waals surface area (Å²) in [7, 11) is 0. The fraction of sp³-hybridized carbons (Fsp3) is 0.615. The van der Waals surface area contributed by atoms with Crippen LogP contribution in [-0.4, -0.2) is 64.8 Å². The average Bonchev–Trinajstić information content (AvgIpc) is 2.79. The number of nitrogens with zero attached hydrogens (tertiary/aromatic N) is 3. The van der Waals surface area contributed by atoms with Gasteiger partial charge in [-0.15, -0.1) is 0 Å². The Morgan fingerprint density at radius 2 is 1.80 bits per heavy atom. The van der Waals surface area contributed by atoms with Crippen molar-refractivity contribution in [2.75, 3.05) is 32.8 Å². The van der Waals surface area contributed by atoms with Crippen molar-refractivity contribution < 1.29 is 14.3 Å². The fourth-order valence-electron chi connectivity index (χ4n) is 2.15. The summed E-state index contributed by atoms with van der Waals surface area (Å²) in [6.45, 7) is 7.90. The van der Waals surface area contributed by atoms with E-state index in [9.17, 15) is 9.59 Å². The molecule has 0 aromatic carbocycles. The molecule has 0 radical (unpaired) electrons. The van der Waals surface area contributed by atoms with Crippen molar-refractivity contribution in [2.24, 2.45) is 0 Å². The minimum atomic E-state index is -0.314. The third kappa shape index (κ3) is 2.76. The number of nitrogens with one attached hydrogen (secondary N) is 1. The summed E-state index contributed by atoms with van der Waals surface area (Å²) < 4.78 is 4.95. The Bertz CT molecular complexity index is 504. The van der Waals surface area contributed by atoms with Crippen molar-refractivity contribution in [2.45, 2.75) is 20.8 Å². The minimum absolute atomic E-state index is 0.0876. The summed E-state index contributed by atoms with van der Waals surface area (Å²) in [6.07, 6.45) is -0.314. The number of aryl methyl sites for hydroxylation is 1. The maximum Gasteiger partial charge on any atom is 0.409 e. The summed E-state index contributed by atoms with van der Waals surface area (Å²) >= 11 is 0. The van der Waals surface area contributed by atoms with Crippen molar-refractivity contribution in [1.82, 2.24) is 20.0 Å². The van der Waals surface area contributed by atoms with Gasteiger partial charge in [-0.1, -0.05) is 0 Å². The van der Waals surface area contributed by atoms with Gasteiger partial charge in [0.1, 0.15) is 0 Å². The molecular weight excluding hydrogens is 260 g/mol. The van der Waals surface area contributed by atoms with Crippen LogP contribution in [-0.2, 0) is 4.74 Å². The molecule has 1 aromatic rings. The van der Waals surface area contributed by atoms with Crippen LogP contribution in [0.4, 0.5) is 4.79 Å². The molecule has 1 fully saturated rings. The van der Waals surface area contributed by atoms with Gasteiger partial charge in [0.25, 0.3) is 5.91 Å². The van der Waals surface area contributed by atoms with E-state index in [1.54, 1.807) is 16.7 Å². The zero-order chi connectivity index (χ0) is 14.7. The topological polar surface area (TPSA) is 78.5 Å². The molecular formula is C13H20N4O3. The first kappa shape index (κ1) is 14.4. The van der Waals surface area contributed by atoms with Crippen LogP contribution in [0.2, 0.25) is 0 Å². The highest BCUT2D eigenvalue weighted by atomic mass is 16.6. The van der Waals surface area contributed by atoms with Crippen LogP contribution in [0.5, 0.6) is 0 Å². The summed E-state index contributed by atoms with van der Waals surface area (Å²) in [6, 6.07) is 0. The maximum atomic E-state index is 12.3. The number of hydrogen-bond acceptors (Lipinski definition) is 4. The molecule has 110 valence electrons. The highest BCUT2D eigenvalue weighted by molar-refractivity contribution is 5.94. The van der Waals surface area contributed by atoms with Crippen LogP contribution in [0.15, 0.2) is 0 Å².